The molecule has 0 aromatic carbocycles. The molecule has 0 unspecified atom stereocenters. The summed E-state index contributed by atoms with van der Waals surface area (Å²) in [4.78, 5) is 38.0. The molecule has 0 N–H and O–H groups in total. The summed E-state index contributed by atoms with van der Waals surface area (Å²) in [5, 5.41) is 0. The van der Waals surface area contributed by atoms with Crippen molar-refractivity contribution in [2.45, 2.75) is 271 Å². The number of allylic oxidation sites excluding steroid dienone is 8. The minimum atomic E-state index is -0.780. The van der Waals surface area contributed by atoms with E-state index in [4.69, 9.17) is 14.2 Å². The van der Waals surface area contributed by atoms with Crippen LogP contribution in [0.1, 0.15) is 265 Å². The highest BCUT2D eigenvalue weighted by Gasteiger charge is 2.19. The fourth-order valence-corrected chi connectivity index (χ4v) is 7.39. The topological polar surface area (TPSA) is 78.9 Å². The fraction of sp³-hybridized carbons (Fsp3) is 0.800. The quantitative estimate of drug-likeness (QED) is 0.0263. The summed E-state index contributed by atoms with van der Waals surface area (Å²) in [6.45, 7) is 6.51. The monoisotopic (exact) mass is 855 g/mol. The normalized spacial score (nSPS) is 12.4. The average Bonchev–Trinajstić information content (AvgIpc) is 3.26. The van der Waals surface area contributed by atoms with Gasteiger partial charge in [-0.1, -0.05) is 217 Å². The smallest absolute Gasteiger partial charge is 0.306 e. The fourth-order valence-electron chi connectivity index (χ4n) is 7.39. The van der Waals surface area contributed by atoms with Crippen LogP contribution < -0.4 is 0 Å². The zero-order chi connectivity index (χ0) is 44.4. The van der Waals surface area contributed by atoms with E-state index in [-0.39, 0.29) is 31.1 Å². The van der Waals surface area contributed by atoms with Crippen molar-refractivity contribution in [3.05, 3.63) is 48.6 Å². The van der Waals surface area contributed by atoms with Crippen molar-refractivity contribution in [1.29, 1.82) is 0 Å². The Bertz CT molecular complexity index is 1070. The van der Waals surface area contributed by atoms with E-state index in [1.165, 1.54) is 122 Å². The van der Waals surface area contributed by atoms with E-state index in [2.05, 4.69) is 69.4 Å². The Morgan fingerprint density at radius 2 is 0.639 bits per heavy atom. The summed E-state index contributed by atoms with van der Waals surface area (Å²) in [6, 6.07) is 0. The molecule has 0 fully saturated rings. The number of rotatable bonds is 47. The van der Waals surface area contributed by atoms with E-state index in [1.54, 1.807) is 0 Å². The van der Waals surface area contributed by atoms with Crippen LogP contribution in [0.4, 0.5) is 0 Å². The SMILES string of the molecule is CC/C=C\C/C=C\C/C=C\CCCCCCCC(=O)OC[C@H](COC(=O)CCCCCCC/C=C\CCCCCC)OC(=O)CCCCCCCCCCCCCCCCC. The first kappa shape index (κ1) is 58.4. The van der Waals surface area contributed by atoms with Crippen molar-refractivity contribution in [3.8, 4) is 0 Å². The van der Waals surface area contributed by atoms with Crippen molar-refractivity contribution in [1.82, 2.24) is 0 Å². The van der Waals surface area contributed by atoms with Gasteiger partial charge in [0.2, 0.25) is 0 Å². The third-order valence-corrected chi connectivity index (χ3v) is 11.3. The minimum Gasteiger partial charge on any atom is -0.462 e. The van der Waals surface area contributed by atoms with Crippen LogP contribution in [0.5, 0.6) is 0 Å². The van der Waals surface area contributed by atoms with Crippen molar-refractivity contribution in [2.75, 3.05) is 13.2 Å². The largest absolute Gasteiger partial charge is 0.462 e. The van der Waals surface area contributed by atoms with Gasteiger partial charge < -0.3 is 14.2 Å². The lowest BCUT2D eigenvalue weighted by Crippen LogP contribution is -2.30. The molecule has 0 aromatic heterocycles. The van der Waals surface area contributed by atoms with Crippen molar-refractivity contribution < 1.29 is 28.6 Å². The molecule has 354 valence electrons. The van der Waals surface area contributed by atoms with Gasteiger partial charge in [-0.2, -0.15) is 0 Å². The molecular formula is C55H98O6. The van der Waals surface area contributed by atoms with Crippen LogP contribution >= 0.6 is 0 Å². The van der Waals surface area contributed by atoms with Gasteiger partial charge in [0.1, 0.15) is 13.2 Å². The van der Waals surface area contributed by atoms with Crippen LogP contribution in [0.15, 0.2) is 48.6 Å². The number of unbranched alkanes of at least 4 members (excludes halogenated alkanes) is 28. The van der Waals surface area contributed by atoms with Gasteiger partial charge in [0, 0.05) is 19.3 Å². The van der Waals surface area contributed by atoms with Crippen LogP contribution in [0, 0.1) is 0 Å². The molecule has 1 atom stereocenters. The molecule has 61 heavy (non-hydrogen) atoms. The van der Waals surface area contributed by atoms with E-state index in [0.29, 0.717) is 19.3 Å². The maximum Gasteiger partial charge on any atom is 0.306 e. The predicted molar refractivity (Wildman–Crippen MR) is 261 cm³/mol. The molecule has 0 amide bonds. The van der Waals surface area contributed by atoms with Crippen LogP contribution in [-0.2, 0) is 28.6 Å². The van der Waals surface area contributed by atoms with Crippen molar-refractivity contribution in [3.63, 3.8) is 0 Å². The number of hydrogen-bond donors (Lipinski definition) is 0. The zero-order valence-corrected chi connectivity index (χ0v) is 40.4. The average molecular weight is 855 g/mol. The van der Waals surface area contributed by atoms with Crippen molar-refractivity contribution in [2.24, 2.45) is 0 Å². The second-order valence-electron chi connectivity index (χ2n) is 17.4. The number of hydrogen-bond acceptors (Lipinski definition) is 6. The zero-order valence-electron chi connectivity index (χ0n) is 40.4. The van der Waals surface area contributed by atoms with E-state index in [9.17, 15) is 14.4 Å². The van der Waals surface area contributed by atoms with Gasteiger partial charge in [-0.05, 0) is 77.0 Å². The second-order valence-corrected chi connectivity index (χ2v) is 17.4. The maximum absolute atomic E-state index is 12.8. The van der Waals surface area contributed by atoms with Gasteiger partial charge in [-0.15, -0.1) is 0 Å². The summed E-state index contributed by atoms with van der Waals surface area (Å²) in [5.74, 6) is -0.897. The highest BCUT2D eigenvalue weighted by molar-refractivity contribution is 5.71. The van der Waals surface area contributed by atoms with E-state index >= 15 is 0 Å². The molecule has 0 aliphatic carbocycles. The lowest BCUT2D eigenvalue weighted by atomic mass is 10.0. The van der Waals surface area contributed by atoms with E-state index < -0.39 is 6.10 Å². The molecule has 6 nitrogen and oxygen atoms in total. The van der Waals surface area contributed by atoms with Crippen LogP contribution in [0.3, 0.4) is 0 Å². The number of ether oxygens (including phenoxy) is 3. The summed E-state index contributed by atoms with van der Waals surface area (Å²) in [5.41, 5.74) is 0. The van der Waals surface area contributed by atoms with E-state index in [0.717, 1.165) is 103 Å². The van der Waals surface area contributed by atoms with Gasteiger partial charge in [-0.25, -0.2) is 0 Å². The molecule has 0 saturated carbocycles. The third kappa shape index (κ3) is 48.3. The number of carbonyl (C=O) groups is 3. The minimum absolute atomic E-state index is 0.0808. The molecule has 0 aliphatic heterocycles. The molecule has 0 rings (SSSR count). The molecular weight excluding hydrogens is 757 g/mol. The summed E-state index contributed by atoms with van der Waals surface area (Å²) >= 11 is 0. The summed E-state index contributed by atoms with van der Waals surface area (Å²) in [7, 11) is 0. The summed E-state index contributed by atoms with van der Waals surface area (Å²) in [6.07, 6.45) is 59.5. The van der Waals surface area contributed by atoms with Crippen LogP contribution in [0.2, 0.25) is 0 Å². The standard InChI is InChI=1S/C55H98O6/c1-4-7-10-13-16-19-22-25-27-30-33-36-39-42-45-48-54(57)60-51-52(50-59-53(56)47-44-41-38-35-32-29-24-21-18-15-12-9-6-3)61-55(58)49-46-43-40-37-34-31-28-26-23-20-17-14-11-8-5-2/h7,10,16,19,21,24-25,27,52H,4-6,8-9,11-15,17-18,20,22-23,26,28-51H2,1-3H3/b10-7-,19-16-,24-21-,27-25-/t52-/m0/s1. The first-order valence-corrected chi connectivity index (χ1v) is 26.1. The maximum atomic E-state index is 12.8. The lowest BCUT2D eigenvalue weighted by molar-refractivity contribution is -0.167. The number of esters is 3. The Morgan fingerprint density at radius 1 is 0.344 bits per heavy atom. The molecule has 0 heterocycles. The second kappa shape index (κ2) is 50.0. The molecule has 0 spiro atoms. The molecule has 0 aliphatic rings. The van der Waals surface area contributed by atoms with Gasteiger partial charge in [0.25, 0.3) is 0 Å². The highest BCUT2D eigenvalue weighted by atomic mass is 16.6. The number of carbonyl (C=O) groups excluding carboxylic acids is 3. The van der Waals surface area contributed by atoms with Gasteiger partial charge in [0.05, 0.1) is 0 Å². The molecule has 6 heteroatoms. The van der Waals surface area contributed by atoms with Crippen LogP contribution in [-0.4, -0.2) is 37.2 Å². The van der Waals surface area contributed by atoms with Crippen LogP contribution in [0.25, 0.3) is 0 Å². The Kier molecular flexibility index (Phi) is 47.9. The molecule has 0 bridgehead atoms. The predicted octanol–water partition coefficient (Wildman–Crippen LogP) is 17.1. The lowest BCUT2D eigenvalue weighted by Gasteiger charge is -2.18. The van der Waals surface area contributed by atoms with Gasteiger partial charge in [0.15, 0.2) is 6.10 Å². The molecule has 0 saturated heterocycles. The highest BCUT2D eigenvalue weighted by Crippen LogP contribution is 2.15. The Balaban J connectivity index is 4.39. The van der Waals surface area contributed by atoms with Crippen molar-refractivity contribution >= 4 is 17.9 Å². The Hall–Kier alpha value is -2.63. The Labute approximate surface area is 378 Å². The van der Waals surface area contributed by atoms with Gasteiger partial charge in [-0.3, -0.25) is 14.4 Å². The first-order chi connectivity index (χ1) is 30.0. The van der Waals surface area contributed by atoms with E-state index in [1.807, 2.05) is 0 Å². The molecule has 0 aromatic rings. The molecule has 0 radical (unpaired) electrons. The summed E-state index contributed by atoms with van der Waals surface area (Å²) < 4.78 is 16.8. The van der Waals surface area contributed by atoms with Gasteiger partial charge >= 0.3 is 17.9 Å². The Morgan fingerprint density at radius 3 is 1.03 bits per heavy atom. The third-order valence-electron chi connectivity index (χ3n) is 11.3. The first-order valence-electron chi connectivity index (χ1n) is 26.1.